The second-order valence-electron chi connectivity index (χ2n) is 7.46. The van der Waals surface area contributed by atoms with E-state index in [1.54, 1.807) is 12.1 Å². The summed E-state index contributed by atoms with van der Waals surface area (Å²) in [6.45, 7) is 4.65. The van der Waals surface area contributed by atoms with E-state index in [2.05, 4.69) is 38.7 Å². The van der Waals surface area contributed by atoms with Gasteiger partial charge in [0.2, 0.25) is 15.9 Å². The summed E-state index contributed by atoms with van der Waals surface area (Å²) in [6, 6.07) is 14.5. The summed E-state index contributed by atoms with van der Waals surface area (Å²) >= 11 is 3.52. The van der Waals surface area contributed by atoms with Gasteiger partial charge in [-0.2, -0.15) is 4.31 Å². The molecule has 3 rings (SSSR count). The van der Waals surface area contributed by atoms with Crippen LogP contribution in [0.1, 0.15) is 38.7 Å². The first-order chi connectivity index (χ1) is 14.3. The summed E-state index contributed by atoms with van der Waals surface area (Å²) in [5, 5.41) is 6.27. The minimum absolute atomic E-state index is 0.157. The van der Waals surface area contributed by atoms with Gasteiger partial charge in [0.05, 0.1) is 11.4 Å². The summed E-state index contributed by atoms with van der Waals surface area (Å²) in [6.07, 6.45) is 3.12. The fourth-order valence-electron chi connectivity index (χ4n) is 3.76. The van der Waals surface area contributed by atoms with Crippen LogP contribution in [0.2, 0.25) is 0 Å². The number of halogens is 1. The van der Waals surface area contributed by atoms with Gasteiger partial charge in [0.25, 0.3) is 0 Å². The van der Waals surface area contributed by atoms with Gasteiger partial charge in [-0.05, 0) is 61.2 Å². The monoisotopic (exact) mass is 493 g/mol. The number of amides is 1. The maximum absolute atomic E-state index is 12.6. The third-order valence-corrected chi connectivity index (χ3v) is 8.21. The summed E-state index contributed by atoms with van der Waals surface area (Å²) in [7, 11) is -3.50. The average Bonchev–Trinajstić information content (AvgIpc) is 2.68. The van der Waals surface area contributed by atoms with Crippen molar-refractivity contribution in [3.63, 3.8) is 0 Å². The lowest BCUT2D eigenvalue weighted by Gasteiger charge is -2.43. The van der Waals surface area contributed by atoms with Crippen molar-refractivity contribution in [3.8, 4) is 0 Å². The average molecular weight is 494 g/mol. The van der Waals surface area contributed by atoms with E-state index >= 15 is 0 Å². The van der Waals surface area contributed by atoms with E-state index in [9.17, 15) is 13.2 Å². The third-order valence-electron chi connectivity index (χ3n) is 5.65. The van der Waals surface area contributed by atoms with Crippen LogP contribution in [0.5, 0.6) is 0 Å². The lowest BCUT2D eigenvalue weighted by atomic mass is 9.72. The third kappa shape index (κ3) is 4.94. The minimum Gasteiger partial charge on any atom is -0.325 e. The number of benzene rings is 2. The van der Waals surface area contributed by atoms with Gasteiger partial charge >= 0.3 is 0 Å². The molecule has 162 valence electrons. The van der Waals surface area contributed by atoms with Gasteiger partial charge in [-0.1, -0.05) is 41.9 Å². The van der Waals surface area contributed by atoms with E-state index in [4.69, 9.17) is 0 Å². The Balaban J connectivity index is 1.61. The second kappa shape index (κ2) is 9.60. The molecule has 8 heteroatoms. The number of hydrogen-bond acceptors (Lipinski definition) is 4. The van der Waals surface area contributed by atoms with Crippen molar-refractivity contribution in [2.24, 2.45) is 0 Å². The van der Waals surface area contributed by atoms with Gasteiger partial charge in [-0.3, -0.25) is 10.1 Å². The zero-order chi connectivity index (χ0) is 21.8. The Morgan fingerprint density at radius 3 is 2.30 bits per heavy atom. The van der Waals surface area contributed by atoms with E-state index in [1.807, 2.05) is 26.0 Å². The highest BCUT2D eigenvalue weighted by Gasteiger charge is 2.38. The Hall–Kier alpha value is -1.74. The van der Waals surface area contributed by atoms with Crippen LogP contribution in [0, 0.1) is 0 Å². The van der Waals surface area contributed by atoms with E-state index in [1.165, 1.54) is 22.0 Å². The predicted octanol–water partition coefficient (Wildman–Crippen LogP) is 4.09. The predicted molar refractivity (Wildman–Crippen MR) is 123 cm³/mol. The number of carbonyl (C=O) groups is 1. The number of hydrogen-bond donors (Lipinski definition) is 2. The van der Waals surface area contributed by atoms with Gasteiger partial charge in [0.1, 0.15) is 0 Å². The van der Waals surface area contributed by atoms with Crippen molar-refractivity contribution in [1.82, 2.24) is 9.62 Å². The summed E-state index contributed by atoms with van der Waals surface area (Å²) in [4.78, 5) is 12.7. The number of rotatable bonds is 9. The van der Waals surface area contributed by atoms with Crippen LogP contribution < -0.4 is 10.6 Å². The van der Waals surface area contributed by atoms with Crippen molar-refractivity contribution in [1.29, 1.82) is 0 Å². The van der Waals surface area contributed by atoms with Crippen molar-refractivity contribution in [2.75, 3.05) is 25.0 Å². The molecule has 2 aromatic rings. The van der Waals surface area contributed by atoms with E-state index < -0.39 is 10.0 Å². The quantitative estimate of drug-likeness (QED) is 0.551. The molecule has 0 aromatic heterocycles. The highest BCUT2D eigenvalue weighted by molar-refractivity contribution is 9.10. The molecule has 0 spiro atoms. The molecule has 0 saturated heterocycles. The lowest BCUT2D eigenvalue weighted by Crippen LogP contribution is -2.50. The molecule has 30 heavy (non-hydrogen) atoms. The fourth-order valence-corrected chi connectivity index (χ4v) is 5.62. The normalized spacial score (nSPS) is 15.6. The zero-order valence-electron chi connectivity index (χ0n) is 17.3. The van der Waals surface area contributed by atoms with E-state index in [-0.39, 0.29) is 22.9 Å². The van der Waals surface area contributed by atoms with Crippen LogP contribution in [0.3, 0.4) is 0 Å². The molecule has 1 fully saturated rings. The van der Waals surface area contributed by atoms with Crippen LogP contribution in [-0.2, 0) is 20.4 Å². The molecule has 0 heterocycles. The first-order valence-electron chi connectivity index (χ1n) is 10.2. The minimum atomic E-state index is -3.50. The second-order valence-corrected chi connectivity index (χ2v) is 10.3. The molecule has 1 aliphatic carbocycles. The lowest BCUT2D eigenvalue weighted by molar-refractivity contribution is -0.116. The molecule has 0 unspecified atom stereocenters. The molecular weight excluding hydrogens is 466 g/mol. The maximum atomic E-state index is 12.6. The highest BCUT2D eigenvalue weighted by atomic mass is 79.9. The van der Waals surface area contributed by atoms with Crippen LogP contribution in [0.25, 0.3) is 0 Å². The molecule has 1 saturated carbocycles. The van der Waals surface area contributed by atoms with Gasteiger partial charge < -0.3 is 5.32 Å². The van der Waals surface area contributed by atoms with Gasteiger partial charge in [0, 0.05) is 28.8 Å². The van der Waals surface area contributed by atoms with Gasteiger partial charge in [0.15, 0.2) is 0 Å². The molecule has 0 radical (unpaired) electrons. The van der Waals surface area contributed by atoms with E-state index in [0.29, 0.717) is 18.8 Å². The Bertz CT molecular complexity index is 985. The summed E-state index contributed by atoms with van der Waals surface area (Å²) in [5.41, 5.74) is 1.59. The largest absolute Gasteiger partial charge is 0.325 e. The Morgan fingerprint density at radius 2 is 1.77 bits per heavy atom. The molecule has 0 atom stereocenters. The molecule has 1 amide bonds. The maximum Gasteiger partial charge on any atom is 0.243 e. The molecule has 6 nitrogen and oxygen atoms in total. The van der Waals surface area contributed by atoms with Crippen molar-refractivity contribution < 1.29 is 13.2 Å². The summed E-state index contributed by atoms with van der Waals surface area (Å²) in [5.74, 6) is -0.157. The van der Waals surface area contributed by atoms with Gasteiger partial charge in [-0.25, -0.2) is 8.42 Å². The molecule has 0 bridgehead atoms. The van der Waals surface area contributed by atoms with Crippen LogP contribution in [0.15, 0.2) is 57.9 Å². The number of sulfonamides is 1. The number of nitrogens with one attached hydrogen (secondary N) is 2. The van der Waals surface area contributed by atoms with Crippen molar-refractivity contribution in [3.05, 3.63) is 58.6 Å². The standard InChI is InChI=1S/C22H28BrN3O3S/c1-3-26(4-2)30(28,29)20-11-9-19(10-12-20)25-21(27)16-24-22(13-6-14-22)17-7-5-8-18(23)15-17/h5,7-12,15,24H,3-4,6,13-14,16H2,1-2H3,(H,25,27). The molecule has 0 aliphatic heterocycles. The molecule has 1 aliphatic rings. The first kappa shape index (κ1) is 22.9. The van der Waals surface area contributed by atoms with Crippen LogP contribution in [-0.4, -0.2) is 38.3 Å². The number of anilines is 1. The molecule has 2 N–H and O–H groups in total. The first-order valence-corrected chi connectivity index (χ1v) is 12.4. The summed E-state index contributed by atoms with van der Waals surface area (Å²) < 4.78 is 27.6. The van der Waals surface area contributed by atoms with Gasteiger partial charge in [-0.15, -0.1) is 0 Å². The number of nitrogens with zero attached hydrogens (tertiary/aromatic N) is 1. The van der Waals surface area contributed by atoms with Crippen molar-refractivity contribution >= 4 is 37.5 Å². The Morgan fingerprint density at radius 1 is 1.10 bits per heavy atom. The fraction of sp³-hybridized carbons (Fsp3) is 0.409. The van der Waals surface area contributed by atoms with Crippen LogP contribution >= 0.6 is 15.9 Å². The number of carbonyl (C=O) groups excluding carboxylic acids is 1. The SMILES string of the molecule is CCN(CC)S(=O)(=O)c1ccc(NC(=O)CNC2(c3cccc(Br)c3)CCC2)cc1. The topological polar surface area (TPSA) is 78.5 Å². The van der Waals surface area contributed by atoms with E-state index in [0.717, 1.165) is 23.7 Å². The molecular formula is C22H28BrN3O3S. The smallest absolute Gasteiger partial charge is 0.243 e. The molecule has 2 aromatic carbocycles. The van der Waals surface area contributed by atoms with Crippen LogP contribution in [0.4, 0.5) is 5.69 Å². The highest BCUT2D eigenvalue weighted by Crippen LogP contribution is 2.41. The Kier molecular flexibility index (Phi) is 7.34. The Labute approximate surface area is 187 Å². The zero-order valence-corrected chi connectivity index (χ0v) is 19.7. The van der Waals surface area contributed by atoms with Crippen molar-refractivity contribution in [2.45, 2.75) is 43.5 Å².